The van der Waals surface area contributed by atoms with E-state index in [1.54, 1.807) is 0 Å². The predicted molar refractivity (Wildman–Crippen MR) is 107 cm³/mol. The van der Waals surface area contributed by atoms with Crippen LogP contribution in [0.3, 0.4) is 0 Å². The molecule has 1 saturated carbocycles. The second-order valence-corrected chi connectivity index (χ2v) is 7.12. The number of benzene rings is 1. The summed E-state index contributed by atoms with van der Waals surface area (Å²) < 4.78 is 2.38. The Balaban J connectivity index is 0.000000659. The van der Waals surface area contributed by atoms with E-state index in [0.29, 0.717) is 12.1 Å². The molecule has 6 heteroatoms. The number of hydrogen-bond acceptors (Lipinski definition) is 4. The van der Waals surface area contributed by atoms with E-state index < -0.39 is 0 Å². The highest BCUT2D eigenvalue weighted by molar-refractivity contribution is 5.94. The maximum absolute atomic E-state index is 8.36. The third-order valence-electron chi connectivity index (χ3n) is 5.35. The van der Waals surface area contributed by atoms with Crippen LogP contribution in [-0.2, 0) is 4.79 Å². The van der Waals surface area contributed by atoms with Crippen LogP contribution in [0.2, 0.25) is 0 Å². The molecule has 4 rings (SSSR count). The van der Waals surface area contributed by atoms with Crippen molar-refractivity contribution in [2.75, 3.05) is 14.1 Å². The number of carbonyl (C=O) groups is 1. The number of pyridine rings is 1. The second kappa shape index (κ2) is 8.31. The highest BCUT2D eigenvalue weighted by atomic mass is 16.3. The topological polar surface area (TPSA) is 71.2 Å². The van der Waals surface area contributed by atoms with E-state index in [9.17, 15) is 0 Å². The van der Waals surface area contributed by atoms with Crippen molar-refractivity contribution in [3.05, 3.63) is 48.4 Å². The summed E-state index contributed by atoms with van der Waals surface area (Å²) >= 11 is 0. The molecule has 2 heterocycles. The van der Waals surface area contributed by atoms with Gasteiger partial charge in [0.1, 0.15) is 5.82 Å². The van der Waals surface area contributed by atoms with Gasteiger partial charge in [-0.05, 0) is 51.9 Å². The molecule has 27 heavy (non-hydrogen) atoms. The number of nitrogens with zero attached hydrogens (tertiary/aromatic N) is 4. The van der Waals surface area contributed by atoms with Gasteiger partial charge in [-0.15, -0.1) is 0 Å². The van der Waals surface area contributed by atoms with Gasteiger partial charge in [-0.2, -0.15) is 0 Å². The normalized spacial score (nSPS) is 19.1. The van der Waals surface area contributed by atoms with Gasteiger partial charge in [0, 0.05) is 35.6 Å². The lowest BCUT2D eigenvalue weighted by Crippen LogP contribution is -2.32. The maximum atomic E-state index is 8.36. The summed E-state index contributed by atoms with van der Waals surface area (Å²) in [4.78, 5) is 20.0. The standard InChI is InChI=1S/C20H24N4.CH2O2/c1-14-9-10-16(15-6-5-11-21-19(14)15)20-22-12-13-24(20)18-8-4-7-17(18)23(2)3;2-1-3/h5-6,9-13,17-18H,4,7-8H2,1-3H3;1H,(H,2,3)/t17-,18-;/m1./s1. The number of likely N-dealkylation sites (N-methyl/N-ethyl adjacent to an activating group) is 1. The van der Waals surface area contributed by atoms with E-state index in [4.69, 9.17) is 14.9 Å². The number of aryl methyl sites for hydroxylation is 1. The van der Waals surface area contributed by atoms with E-state index in [-0.39, 0.29) is 6.47 Å². The molecule has 2 atom stereocenters. The second-order valence-electron chi connectivity index (χ2n) is 7.12. The summed E-state index contributed by atoms with van der Waals surface area (Å²) in [5.74, 6) is 1.06. The molecule has 0 spiro atoms. The number of fused-ring (bicyclic) bond motifs is 1. The van der Waals surface area contributed by atoms with E-state index in [0.717, 1.165) is 11.3 Å². The summed E-state index contributed by atoms with van der Waals surface area (Å²) in [5, 5.41) is 8.07. The number of aromatic nitrogens is 3. The van der Waals surface area contributed by atoms with Gasteiger partial charge in [0.05, 0.1) is 11.6 Å². The molecule has 0 amide bonds. The molecule has 0 radical (unpaired) electrons. The first-order chi connectivity index (χ1) is 13.1. The van der Waals surface area contributed by atoms with Crippen LogP contribution in [0.4, 0.5) is 0 Å². The first-order valence-corrected chi connectivity index (χ1v) is 9.20. The van der Waals surface area contributed by atoms with Crippen LogP contribution in [-0.4, -0.2) is 51.2 Å². The van der Waals surface area contributed by atoms with E-state index in [1.165, 1.54) is 35.8 Å². The van der Waals surface area contributed by atoms with Crippen molar-refractivity contribution in [1.29, 1.82) is 0 Å². The molecule has 0 saturated heterocycles. The maximum Gasteiger partial charge on any atom is 0.290 e. The Morgan fingerprint density at radius 1 is 1.19 bits per heavy atom. The molecule has 3 aromatic rings. The van der Waals surface area contributed by atoms with Crippen molar-refractivity contribution in [2.45, 2.75) is 38.3 Å². The molecule has 1 aliphatic rings. The molecule has 0 unspecified atom stereocenters. The quantitative estimate of drug-likeness (QED) is 0.715. The van der Waals surface area contributed by atoms with Gasteiger partial charge >= 0.3 is 0 Å². The number of imidazole rings is 1. The fourth-order valence-corrected chi connectivity index (χ4v) is 4.15. The van der Waals surface area contributed by atoms with Crippen LogP contribution < -0.4 is 0 Å². The van der Waals surface area contributed by atoms with Crippen LogP contribution >= 0.6 is 0 Å². The van der Waals surface area contributed by atoms with Gasteiger partial charge in [0.15, 0.2) is 0 Å². The Morgan fingerprint density at radius 2 is 1.96 bits per heavy atom. The van der Waals surface area contributed by atoms with Crippen molar-refractivity contribution in [1.82, 2.24) is 19.4 Å². The lowest BCUT2D eigenvalue weighted by molar-refractivity contribution is -0.122. The molecule has 1 aromatic carbocycles. The van der Waals surface area contributed by atoms with Gasteiger partial charge in [0.2, 0.25) is 0 Å². The summed E-state index contributed by atoms with van der Waals surface area (Å²) in [6.45, 7) is 1.87. The molecule has 1 N–H and O–H groups in total. The molecular weight excluding hydrogens is 340 g/mol. The Labute approximate surface area is 159 Å². The monoisotopic (exact) mass is 366 g/mol. The average Bonchev–Trinajstić information content (AvgIpc) is 3.32. The Morgan fingerprint density at radius 3 is 2.70 bits per heavy atom. The van der Waals surface area contributed by atoms with E-state index >= 15 is 0 Å². The third-order valence-corrected chi connectivity index (χ3v) is 5.35. The Hall–Kier alpha value is -2.73. The molecule has 1 aliphatic carbocycles. The van der Waals surface area contributed by atoms with E-state index in [2.05, 4.69) is 59.9 Å². The van der Waals surface area contributed by atoms with Gasteiger partial charge in [-0.3, -0.25) is 9.78 Å². The number of hydrogen-bond donors (Lipinski definition) is 1. The van der Waals surface area contributed by atoms with Crippen molar-refractivity contribution < 1.29 is 9.90 Å². The SMILES string of the molecule is Cc1ccc(-c2nccn2[C@@H]2CCC[C@H]2N(C)C)c2cccnc12.O=CO. The zero-order chi connectivity index (χ0) is 19.4. The van der Waals surface area contributed by atoms with Crippen molar-refractivity contribution >= 4 is 17.4 Å². The molecule has 0 aliphatic heterocycles. The highest BCUT2D eigenvalue weighted by Crippen LogP contribution is 2.37. The molecule has 1 fully saturated rings. The van der Waals surface area contributed by atoms with Gasteiger partial charge in [-0.25, -0.2) is 4.98 Å². The highest BCUT2D eigenvalue weighted by Gasteiger charge is 2.31. The lowest BCUT2D eigenvalue weighted by atomic mass is 10.0. The van der Waals surface area contributed by atoms with Crippen molar-refractivity contribution in [2.24, 2.45) is 0 Å². The molecule has 2 aromatic heterocycles. The molecule has 0 bridgehead atoms. The molecule has 142 valence electrons. The summed E-state index contributed by atoms with van der Waals surface area (Å²) in [5.41, 5.74) is 3.46. The van der Waals surface area contributed by atoms with Crippen LogP contribution in [0.15, 0.2) is 42.9 Å². The zero-order valence-electron chi connectivity index (χ0n) is 16.0. The minimum absolute atomic E-state index is 0.250. The average molecular weight is 366 g/mol. The summed E-state index contributed by atoms with van der Waals surface area (Å²) in [6, 6.07) is 9.58. The van der Waals surface area contributed by atoms with Gasteiger partial charge < -0.3 is 14.6 Å². The number of rotatable bonds is 3. The van der Waals surface area contributed by atoms with E-state index in [1.807, 2.05) is 18.5 Å². The smallest absolute Gasteiger partial charge is 0.290 e. The van der Waals surface area contributed by atoms with Crippen LogP contribution in [0.5, 0.6) is 0 Å². The fourth-order valence-electron chi connectivity index (χ4n) is 4.15. The van der Waals surface area contributed by atoms with Crippen LogP contribution in [0.25, 0.3) is 22.3 Å². The van der Waals surface area contributed by atoms with Crippen molar-refractivity contribution in [3.8, 4) is 11.4 Å². The van der Waals surface area contributed by atoms with Crippen LogP contribution in [0.1, 0.15) is 30.9 Å². The van der Waals surface area contributed by atoms with Crippen LogP contribution in [0, 0.1) is 6.92 Å². The summed E-state index contributed by atoms with van der Waals surface area (Å²) in [7, 11) is 4.37. The zero-order valence-corrected chi connectivity index (χ0v) is 16.0. The molecular formula is C21H26N4O2. The first-order valence-electron chi connectivity index (χ1n) is 9.20. The Bertz CT molecular complexity index is 919. The minimum atomic E-state index is -0.250. The lowest BCUT2D eigenvalue weighted by Gasteiger charge is -2.28. The fraction of sp³-hybridized carbons (Fsp3) is 0.381. The predicted octanol–water partition coefficient (Wildman–Crippen LogP) is 3.76. The first kappa shape index (κ1) is 19.0. The summed E-state index contributed by atoms with van der Waals surface area (Å²) in [6.07, 6.45) is 9.69. The largest absolute Gasteiger partial charge is 0.483 e. The van der Waals surface area contributed by atoms with Gasteiger partial charge in [-0.1, -0.05) is 18.2 Å². The third kappa shape index (κ3) is 3.71. The molecule has 6 nitrogen and oxygen atoms in total. The number of carboxylic acid groups (broad SMARTS) is 1. The van der Waals surface area contributed by atoms with Crippen molar-refractivity contribution in [3.63, 3.8) is 0 Å². The Kier molecular flexibility index (Phi) is 5.86. The van der Waals surface area contributed by atoms with Gasteiger partial charge in [0.25, 0.3) is 6.47 Å². The minimum Gasteiger partial charge on any atom is -0.483 e.